The van der Waals surface area contributed by atoms with Crippen molar-refractivity contribution in [2.24, 2.45) is 0 Å². The highest BCUT2D eigenvalue weighted by atomic mass is 27.2. The van der Waals surface area contributed by atoms with Crippen LogP contribution in [0.5, 0.6) is 0 Å². The minimum atomic E-state index is -0.185. The van der Waals surface area contributed by atoms with Crippen molar-refractivity contribution in [3.63, 3.8) is 0 Å². The van der Waals surface area contributed by atoms with Gasteiger partial charge < -0.3 is 7.58 Å². The molecule has 2 nitrogen and oxygen atoms in total. The highest BCUT2D eigenvalue weighted by molar-refractivity contribution is 6.17. The summed E-state index contributed by atoms with van der Waals surface area (Å²) in [5.41, 5.74) is 0. The van der Waals surface area contributed by atoms with Crippen molar-refractivity contribution < 1.29 is 9.00 Å². The molecule has 0 saturated heterocycles. The van der Waals surface area contributed by atoms with Gasteiger partial charge in [0.2, 0.25) is 0 Å². The van der Waals surface area contributed by atoms with Gasteiger partial charge in [0.1, 0.15) is 0 Å². The average molecular weight is 91.1 g/mol. The number of hydrogen-bond donors (Lipinski definition) is 0. The molecule has 5 heavy (non-hydrogen) atoms. The van der Waals surface area contributed by atoms with Crippen LogP contribution in [0.3, 0.4) is 0 Å². The minimum absolute atomic E-state index is 0. The van der Waals surface area contributed by atoms with Gasteiger partial charge in [0.15, 0.2) is 0 Å². The Kier molecular flexibility index (Phi) is 4.86. The van der Waals surface area contributed by atoms with Gasteiger partial charge in [-0.15, -0.1) is 0 Å². The normalized spacial score (nSPS) is 7.60. The second-order valence-electron chi connectivity index (χ2n) is 0.568. The molecule has 0 aliphatic carbocycles. The lowest BCUT2D eigenvalue weighted by atomic mass is 11.8. The van der Waals surface area contributed by atoms with Gasteiger partial charge in [-0.1, -0.05) is 0 Å². The van der Waals surface area contributed by atoms with Crippen LogP contribution >= 0.6 is 0 Å². The van der Waals surface area contributed by atoms with Crippen LogP contribution in [-0.2, 0) is 7.58 Å². The molecular formula is C2H8AlO2. The molecular weight excluding hydrogens is 83.0 g/mol. The summed E-state index contributed by atoms with van der Waals surface area (Å²) in [6.07, 6.45) is 0. The molecule has 31 valence electrons. The summed E-state index contributed by atoms with van der Waals surface area (Å²) in [6.45, 7) is 0. The molecule has 0 aliphatic rings. The summed E-state index contributed by atoms with van der Waals surface area (Å²) in [7, 11) is 3.25. The van der Waals surface area contributed by atoms with Gasteiger partial charge in [0, 0.05) is 15.6 Å². The Morgan fingerprint density at radius 3 is 1.80 bits per heavy atom. The highest BCUT2D eigenvalue weighted by Gasteiger charge is 1.81. The molecule has 0 spiro atoms. The Balaban J connectivity index is 0. The van der Waals surface area contributed by atoms with Crippen LogP contribution in [0.1, 0.15) is 1.43 Å². The summed E-state index contributed by atoms with van der Waals surface area (Å²) in [6, 6.07) is 0. The smallest absolute Gasteiger partial charge is 0.486 e. The maximum atomic E-state index is 4.55. The zero-order valence-corrected chi connectivity index (χ0v) is 4.55. The van der Waals surface area contributed by atoms with E-state index in [1.54, 1.807) is 14.2 Å². The van der Waals surface area contributed by atoms with Crippen molar-refractivity contribution >= 4 is 15.9 Å². The fraction of sp³-hybridized carbons (Fsp3) is 1.00. The fourth-order valence-electron chi connectivity index (χ4n) is 0.0962. The van der Waals surface area contributed by atoms with E-state index in [0.29, 0.717) is 0 Å². The van der Waals surface area contributed by atoms with Gasteiger partial charge in [-0.2, -0.15) is 0 Å². The Bertz CT molecular complexity index is 19.0. The summed E-state index contributed by atoms with van der Waals surface area (Å²) in [4.78, 5) is 0. The molecule has 0 saturated carbocycles. The van der Waals surface area contributed by atoms with E-state index >= 15 is 0 Å². The molecule has 0 heterocycles. The van der Waals surface area contributed by atoms with Crippen LogP contribution in [0.25, 0.3) is 0 Å². The second-order valence-corrected chi connectivity index (χ2v) is 1.70. The summed E-state index contributed by atoms with van der Waals surface area (Å²) in [5, 5.41) is 0. The third kappa shape index (κ3) is 4.45. The SMILES string of the molecule is C[O][Al][O]C.[HH]. The van der Waals surface area contributed by atoms with E-state index in [1.165, 1.54) is 0 Å². The lowest BCUT2D eigenvalue weighted by Gasteiger charge is -1.83. The molecule has 0 amide bonds. The predicted molar refractivity (Wildman–Crippen MR) is 21.9 cm³/mol. The molecule has 0 rings (SSSR count). The quantitative estimate of drug-likeness (QED) is 0.447. The van der Waals surface area contributed by atoms with Gasteiger partial charge in [0.05, 0.1) is 0 Å². The Morgan fingerprint density at radius 2 is 1.80 bits per heavy atom. The molecule has 0 N–H and O–H groups in total. The summed E-state index contributed by atoms with van der Waals surface area (Å²) < 4.78 is 9.10. The van der Waals surface area contributed by atoms with Crippen LogP contribution in [0, 0.1) is 0 Å². The van der Waals surface area contributed by atoms with Crippen molar-refractivity contribution in [3.8, 4) is 0 Å². The van der Waals surface area contributed by atoms with Crippen LogP contribution in [0.2, 0.25) is 0 Å². The zero-order valence-electron chi connectivity index (χ0n) is 3.39. The van der Waals surface area contributed by atoms with E-state index < -0.39 is 0 Å². The van der Waals surface area contributed by atoms with Crippen LogP contribution in [0.4, 0.5) is 0 Å². The molecule has 0 aromatic heterocycles. The van der Waals surface area contributed by atoms with E-state index in [-0.39, 0.29) is 17.3 Å². The summed E-state index contributed by atoms with van der Waals surface area (Å²) in [5.74, 6) is 0. The molecule has 0 bridgehead atoms. The second kappa shape index (κ2) is 4.45. The van der Waals surface area contributed by atoms with Gasteiger partial charge in [0.25, 0.3) is 0 Å². The molecule has 0 aromatic rings. The predicted octanol–water partition coefficient (Wildman–Crippen LogP) is 0.0594. The van der Waals surface area contributed by atoms with Crippen LogP contribution in [-0.4, -0.2) is 30.1 Å². The first kappa shape index (κ1) is 5.45. The Hall–Kier alpha value is 0.452. The van der Waals surface area contributed by atoms with E-state index in [0.717, 1.165) is 0 Å². The number of rotatable bonds is 2. The standard InChI is InChI=1S/2CH3O.Al.H2/c2*1-2;;/h2*1H3;;1H/q2*-1;+2;. The molecule has 1 radical (unpaired) electrons. The Labute approximate surface area is 39.9 Å². The van der Waals surface area contributed by atoms with Crippen LogP contribution < -0.4 is 0 Å². The maximum Gasteiger partial charge on any atom is 0.667 e. The van der Waals surface area contributed by atoms with Crippen molar-refractivity contribution in [2.45, 2.75) is 0 Å². The molecule has 0 aliphatic heterocycles. The van der Waals surface area contributed by atoms with Gasteiger partial charge in [-0.25, -0.2) is 0 Å². The van der Waals surface area contributed by atoms with E-state index in [2.05, 4.69) is 7.58 Å². The zero-order chi connectivity index (χ0) is 4.12. The van der Waals surface area contributed by atoms with Crippen molar-refractivity contribution in [3.05, 3.63) is 0 Å². The average Bonchev–Trinajstić information content (AvgIpc) is 1.41. The van der Waals surface area contributed by atoms with Crippen molar-refractivity contribution in [2.75, 3.05) is 14.2 Å². The van der Waals surface area contributed by atoms with Crippen molar-refractivity contribution in [1.82, 2.24) is 0 Å². The van der Waals surface area contributed by atoms with Gasteiger partial charge >= 0.3 is 15.9 Å². The molecule has 0 atom stereocenters. The van der Waals surface area contributed by atoms with E-state index in [4.69, 9.17) is 0 Å². The lowest BCUT2D eigenvalue weighted by molar-refractivity contribution is 0.309. The van der Waals surface area contributed by atoms with E-state index in [9.17, 15) is 0 Å². The first-order valence-electron chi connectivity index (χ1n) is 1.29. The fourth-order valence-corrected chi connectivity index (χ4v) is 0.289. The van der Waals surface area contributed by atoms with Gasteiger partial charge in [-0.05, 0) is 0 Å². The molecule has 0 aromatic carbocycles. The largest absolute Gasteiger partial charge is 0.667 e. The first-order chi connectivity index (χ1) is 2.41. The van der Waals surface area contributed by atoms with Crippen molar-refractivity contribution in [1.29, 1.82) is 0 Å². The summed E-state index contributed by atoms with van der Waals surface area (Å²) >= 11 is -0.185. The van der Waals surface area contributed by atoms with Crippen LogP contribution in [0.15, 0.2) is 0 Å². The topological polar surface area (TPSA) is 18.5 Å². The molecule has 0 unspecified atom stereocenters. The third-order valence-corrected chi connectivity index (χ3v) is 0.577. The minimum Gasteiger partial charge on any atom is -0.486 e. The van der Waals surface area contributed by atoms with E-state index in [1.807, 2.05) is 0 Å². The molecule has 3 heteroatoms. The third-order valence-electron chi connectivity index (χ3n) is 0.192. The first-order valence-corrected chi connectivity index (χ1v) is 2.23. The maximum absolute atomic E-state index is 4.55. The highest BCUT2D eigenvalue weighted by Crippen LogP contribution is 1.55. The number of hydrogen-bond acceptors (Lipinski definition) is 2. The monoisotopic (exact) mass is 91.0 g/mol. The lowest BCUT2D eigenvalue weighted by Crippen LogP contribution is -1.93. The molecule has 0 fully saturated rings. The Morgan fingerprint density at radius 1 is 1.40 bits per heavy atom. The van der Waals surface area contributed by atoms with Gasteiger partial charge in [-0.3, -0.25) is 0 Å².